The summed E-state index contributed by atoms with van der Waals surface area (Å²) in [6, 6.07) is 9.78. The van der Waals surface area contributed by atoms with Crippen LogP contribution in [0.3, 0.4) is 0 Å². The Kier molecular flexibility index (Phi) is 3.90. The Morgan fingerprint density at radius 3 is 2.79 bits per heavy atom. The molecule has 1 amide bonds. The summed E-state index contributed by atoms with van der Waals surface area (Å²) in [6.45, 7) is 6.29. The van der Waals surface area contributed by atoms with E-state index in [1.54, 1.807) is 6.08 Å². The van der Waals surface area contributed by atoms with E-state index >= 15 is 0 Å². The van der Waals surface area contributed by atoms with Crippen molar-refractivity contribution in [1.82, 2.24) is 4.57 Å². The molecule has 1 heterocycles. The van der Waals surface area contributed by atoms with Crippen molar-refractivity contribution in [3.63, 3.8) is 0 Å². The minimum atomic E-state index is -0.406. The van der Waals surface area contributed by atoms with Gasteiger partial charge in [-0.2, -0.15) is 0 Å². The first-order chi connectivity index (χ1) is 9.04. The van der Waals surface area contributed by atoms with Crippen molar-refractivity contribution in [2.24, 2.45) is 5.73 Å². The van der Waals surface area contributed by atoms with Gasteiger partial charge in [-0.15, -0.1) is 6.58 Å². The second-order valence-electron chi connectivity index (χ2n) is 4.30. The van der Waals surface area contributed by atoms with Gasteiger partial charge in [0, 0.05) is 22.4 Å². The summed E-state index contributed by atoms with van der Waals surface area (Å²) in [4.78, 5) is 11.5. The lowest BCUT2D eigenvalue weighted by atomic mass is 10.1. The van der Waals surface area contributed by atoms with Crippen LogP contribution in [-0.2, 0) is 6.54 Å². The number of allylic oxidation sites excluding steroid dienone is 1. The number of rotatable bonds is 4. The zero-order valence-corrected chi connectivity index (χ0v) is 12.3. The van der Waals surface area contributed by atoms with Gasteiger partial charge in [-0.3, -0.25) is 4.79 Å². The van der Waals surface area contributed by atoms with Crippen molar-refractivity contribution < 1.29 is 4.79 Å². The van der Waals surface area contributed by atoms with E-state index in [1.807, 2.05) is 41.8 Å². The summed E-state index contributed by atoms with van der Waals surface area (Å²) in [7, 11) is 0. The number of hydrogen-bond acceptors (Lipinski definition) is 1. The number of nitrogens with two attached hydrogens (primary N) is 1. The van der Waals surface area contributed by atoms with Gasteiger partial charge in [-0.25, -0.2) is 0 Å². The largest absolute Gasteiger partial charge is 0.366 e. The number of hydrogen-bond donors (Lipinski definition) is 1. The Hall–Kier alpha value is -1.81. The molecule has 0 saturated heterocycles. The number of aromatic nitrogens is 1. The average Bonchev–Trinajstić information content (AvgIpc) is 2.68. The van der Waals surface area contributed by atoms with Crippen LogP contribution in [0, 0.1) is 6.92 Å². The molecule has 0 radical (unpaired) electrons. The molecule has 0 spiro atoms. The molecule has 0 fully saturated rings. The second-order valence-corrected chi connectivity index (χ2v) is 5.22. The van der Waals surface area contributed by atoms with Crippen LogP contribution < -0.4 is 5.73 Å². The van der Waals surface area contributed by atoms with E-state index in [1.165, 1.54) is 0 Å². The van der Waals surface area contributed by atoms with Crippen molar-refractivity contribution in [3.05, 3.63) is 58.7 Å². The van der Waals surface area contributed by atoms with E-state index in [0.29, 0.717) is 12.1 Å². The molecular weight excluding hydrogens is 304 g/mol. The van der Waals surface area contributed by atoms with E-state index in [-0.39, 0.29) is 0 Å². The van der Waals surface area contributed by atoms with E-state index in [9.17, 15) is 4.79 Å². The lowest BCUT2D eigenvalue weighted by Gasteiger charge is -2.09. The lowest BCUT2D eigenvalue weighted by molar-refractivity contribution is 0.0999. The number of benzene rings is 1. The molecule has 2 rings (SSSR count). The van der Waals surface area contributed by atoms with E-state index in [0.717, 1.165) is 21.4 Å². The number of amides is 1. The third-order valence-corrected chi connectivity index (χ3v) is 3.56. The number of nitrogens with zero attached hydrogens (tertiary/aromatic N) is 1. The van der Waals surface area contributed by atoms with Crippen molar-refractivity contribution in [2.45, 2.75) is 13.5 Å². The highest BCUT2D eigenvalue weighted by atomic mass is 79.9. The third kappa shape index (κ3) is 2.63. The van der Waals surface area contributed by atoms with E-state index in [4.69, 9.17) is 5.73 Å². The van der Waals surface area contributed by atoms with Crippen LogP contribution in [0.15, 0.2) is 47.5 Å². The van der Waals surface area contributed by atoms with Gasteiger partial charge in [-0.05, 0) is 30.7 Å². The summed E-state index contributed by atoms with van der Waals surface area (Å²) in [5, 5.41) is 0. The molecule has 0 saturated carbocycles. The zero-order valence-electron chi connectivity index (χ0n) is 10.7. The molecule has 0 aliphatic carbocycles. The van der Waals surface area contributed by atoms with Gasteiger partial charge in [0.25, 0.3) is 5.91 Å². The first kappa shape index (κ1) is 13.6. The predicted molar refractivity (Wildman–Crippen MR) is 81.0 cm³/mol. The number of halogens is 1. The molecule has 2 aromatic rings. The Bertz CT molecular complexity index is 644. The van der Waals surface area contributed by atoms with Gasteiger partial charge in [-0.1, -0.05) is 34.1 Å². The Labute approximate surface area is 120 Å². The minimum absolute atomic E-state index is 0.406. The Morgan fingerprint density at radius 1 is 1.47 bits per heavy atom. The molecule has 0 bridgehead atoms. The van der Waals surface area contributed by atoms with E-state index in [2.05, 4.69) is 22.5 Å². The SMILES string of the molecule is C=CCn1c(-c2cccc(Br)c2)cc(C(N)=O)c1C. The first-order valence-corrected chi connectivity index (χ1v) is 6.70. The number of primary amides is 1. The molecule has 2 N–H and O–H groups in total. The fraction of sp³-hybridized carbons (Fsp3) is 0.133. The van der Waals surface area contributed by atoms with Gasteiger partial charge in [0.15, 0.2) is 0 Å². The van der Waals surface area contributed by atoms with Gasteiger partial charge in [0.05, 0.1) is 5.56 Å². The van der Waals surface area contributed by atoms with Crippen LogP contribution in [-0.4, -0.2) is 10.5 Å². The topological polar surface area (TPSA) is 48.0 Å². The molecular formula is C15H15BrN2O. The number of carbonyl (C=O) groups is 1. The van der Waals surface area contributed by atoms with Crippen molar-refractivity contribution >= 4 is 21.8 Å². The smallest absolute Gasteiger partial charge is 0.250 e. The summed E-state index contributed by atoms with van der Waals surface area (Å²) in [6.07, 6.45) is 1.80. The predicted octanol–water partition coefficient (Wildman–Crippen LogP) is 3.51. The van der Waals surface area contributed by atoms with Gasteiger partial charge >= 0.3 is 0 Å². The maximum Gasteiger partial charge on any atom is 0.250 e. The first-order valence-electron chi connectivity index (χ1n) is 5.91. The Balaban J connectivity index is 2.64. The van der Waals surface area contributed by atoms with Crippen molar-refractivity contribution in [2.75, 3.05) is 0 Å². The van der Waals surface area contributed by atoms with Gasteiger partial charge in [0.1, 0.15) is 0 Å². The summed E-state index contributed by atoms with van der Waals surface area (Å²) in [5.74, 6) is -0.406. The fourth-order valence-corrected chi connectivity index (χ4v) is 2.55. The minimum Gasteiger partial charge on any atom is -0.366 e. The highest BCUT2D eigenvalue weighted by Gasteiger charge is 2.15. The lowest BCUT2D eigenvalue weighted by Crippen LogP contribution is -2.12. The van der Waals surface area contributed by atoms with Crippen LogP contribution in [0.4, 0.5) is 0 Å². The molecule has 0 aliphatic rings. The molecule has 4 heteroatoms. The summed E-state index contributed by atoms with van der Waals surface area (Å²) >= 11 is 3.46. The Morgan fingerprint density at radius 2 is 2.21 bits per heavy atom. The monoisotopic (exact) mass is 318 g/mol. The van der Waals surface area contributed by atoms with Crippen LogP contribution in [0.2, 0.25) is 0 Å². The van der Waals surface area contributed by atoms with Crippen LogP contribution >= 0.6 is 15.9 Å². The maximum absolute atomic E-state index is 11.5. The zero-order chi connectivity index (χ0) is 14.0. The van der Waals surface area contributed by atoms with Crippen LogP contribution in [0.25, 0.3) is 11.3 Å². The average molecular weight is 319 g/mol. The standard InChI is InChI=1S/C15H15BrN2O/c1-3-7-18-10(2)13(15(17)19)9-14(18)11-5-4-6-12(16)8-11/h3-6,8-9H,1,7H2,2H3,(H2,17,19). The van der Waals surface area contributed by atoms with Crippen molar-refractivity contribution in [3.8, 4) is 11.3 Å². The maximum atomic E-state index is 11.5. The number of carbonyl (C=O) groups excluding carboxylic acids is 1. The molecule has 0 aliphatic heterocycles. The van der Waals surface area contributed by atoms with Gasteiger partial charge < -0.3 is 10.3 Å². The normalized spacial score (nSPS) is 10.4. The molecule has 3 nitrogen and oxygen atoms in total. The molecule has 19 heavy (non-hydrogen) atoms. The molecule has 1 aromatic carbocycles. The van der Waals surface area contributed by atoms with Gasteiger partial charge in [0.2, 0.25) is 0 Å². The summed E-state index contributed by atoms with van der Waals surface area (Å²) in [5.41, 5.74) is 8.83. The molecule has 0 unspecified atom stereocenters. The third-order valence-electron chi connectivity index (χ3n) is 3.06. The highest BCUT2D eigenvalue weighted by Crippen LogP contribution is 2.27. The highest BCUT2D eigenvalue weighted by molar-refractivity contribution is 9.10. The summed E-state index contributed by atoms with van der Waals surface area (Å²) < 4.78 is 3.03. The fourth-order valence-electron chi connectivity index (χ4n) is 2.15. The van der Waals surface area contributed by atoms with Crippen LogP contribution in [0.5, 0.6) is 0 Å². The van der Waals surface area contributed by atoms with E-state index < -0.39 is 5.91 Å². The molecule has 98 valence electrons. The molecule has 1 aromatic heterocycles. The van der Waals surface area contributed by atoms with Crippen LogP contribution in [0.1, 0.15) is 16.1 Å². The quantitative estimate of drug-likeness (QED) is 0.861. The second kappa shape index (κ2) is 5.45. The molecule has 0 atom stereocenters. The van der Waals surface area contributed by atoms with Crippen molar-refractivity contribution in [1.29, 1.82) is 0 Å².